The van der Waals surface area contributed by atoms with Crippen molar-refractivity contribution < 1.29 is 14.3 Å². The van der Waals surface area contributed by atoms with Gasteiger partial charge in [-0.1, -0.05) is 18.2 Å². The highest BCUT2D eigenvalue weighted by Gasteiger charge is 2.13. The Morgan fingerprint density at radius 2 is 2.10 bits per heavy atom. The van der Waals surface area contributed by atoms with Crippen molar-refractivity contribution in [2.24, 2.45) is 5.73 Å². The minimum atomic E-state index is -0.514. The number of carbonyl (C=O) groups excluding carboxylic acids is 1. The molecule has 0 aliphatic heterocycles. The van der Waals surface area contributed by atoms with Crippen molar-refractivity contribution >= 4 is 17.7 Å². The van der Waals surface area contributed by atoms with Gasteiger partial charge in [0.15, 0.2) is 0 Å². The summed E-state index contributed by atoms with van der Waals surface area (Å²) in [6, 6.07) is 7.44. The monoisotopic (exact) mass is 297 g/mol. The maximum Gasteiger partial charge on any atom is 0.322 e. The second-order valence-corrected chi connectivity index (χ2v) is 5.60. The van der Waals surface area contributed by atoms with Crippen molar-refractivity contribution in [3.8, 4) is 5.75 Å². The number of carbonyl (C=O) groups is 1. The molecule has 0 saturated carbocycles. The van der Waals surface area contributed by atoms with Crippen LogP contribution in [0.1, 0.15) is 18.9 Å². The zero-order valence-corrected chi connectivity index (χ0v) is 12.9. The molecule has 0 spiro atoms. The third-order valence-corrected chi connectivity index (χ3v) is 3.72. The van der Waals surface area contributed by atoms with E-state index in [4.69, 9.17) is 15.2 Å². The lowest BCUT2D eigenvalue weighted by Gasteiger charge is -2.11. The molecule has 0 aliphatic rings. The fourth-order valence-corrected chi connectivity index (χ4v) is 2.43. The fraction of sp³-hybridized carbons (Fsp3) is 0.533. The number of hydrogen-bond donors (Lipinski definition) is 1. The highest BCUT2D eigenvalue weighted by atomic mass is 32.2. The van der Waals surface area contributed by atoms with E-state index >= 15 is 0 Å². The van der Waals surface area contributed by atoms with Crippen LogP contribution in [-0.4, -0.2) is 36.7 Å². The number of ether oxygens (including phenoxy) is 2. The van der Waals surface area contributed by atoms with E-state index < -0.39 is 6.04 Å². The van der Waals surface area contributed by atoms with Crippen molar-refractivity contribution in [3.05, 3.63) is 29.8 Å². The SMILES string of the molecule is CCOC(=O)C(N)CCSCCOc1ccccc1C. The van der Waals surface area contributed by atoms with Crippen molar-refractivity contribution in [1.29, 1.82) is 0 Å². The molecule has 4 nitrogen and oxygen atoms in total. The number of esters is 1. The topological polar surface area (TPSA) is 61.5 Å². The first-order valence-electron chi connectivity index (χ1n) is 6.83. The van der Waals surface area contributed by atoms with Gasteiger partial charge >= 0.3 is 5.97 Å². The van der Waals surface area contributed by atoms with E-state index in [9.17, 15) is 4.79 Å². The van der Waals surface area contributed by atoms with E-state index in [2.05, 4.69) is 0 Å². The highest BCUT2D eigenvalue weighted by molar-refractivity contribution is 7.99. The van der Waals surface area contributed by atoms with Gasteiger partial charge < -0.3 is 15.2 Å². The minimum absolute atomic E-state index is 0.315. The molecule has 1 unspecified atom stereocenters. The molecule has 1 rings (SSSR count). The van der Waals surface area contributed by atoms with E-state index in [0.717, 1.165) is 22.8 Å². The molecule has 0 amide bonds. The predicted molar refractivity (Wildman–Crippen MR) is 83.2 cm³/mol. The van der Waals surface area contributed by atoms with Gasteiger partial charge in [-0.3, -0.25) is 4.79 Å². The molecule has 0 aliphatic carbocycles. The Morgan fingerprint density at radius 1 is 1.35 bits per heavy atom. The molecule has 0 bridgehead atoms. The number of rotatable bonds is 9. The van der Waals surface area contributed by atoms with Crippen LogP contribution in [0, 0.1) is 6.92 Å². The van der Waals surface area contributed by atoms with Crippen LogP contribution < -0.4 is 10.5 Å². The van der Waals surface area contributed by atoms with Gasteiger partial charge in [-0.25, -0.2) is 0 Å². The minimum Gasteiger partial charge on any atom is -0.492 e. The average Bonchev–Trinajstić information content (AvgIpc) is 2.44. The zero-order chi connectivity index (χ0) is 14.8. The first-order chi connectivity index (χ1) is 9.65. The molecule has 1 aromatic rings. The fourth-order valence-electron chi connectivity index (χ4n) is 1.61. The smallest absolute Gasteiger partial charge is 0.322 e. The summed E-state index contributed by atoms with van der Waals surface area (Å²) in [5, 5.41) is 0. The van der Waals surface area contributed by atoms with Gasteiger partial charge in [-0.15, -0.1) is 0 Å². The van der Waals surface area contributed by atoms with E-state index in [1.807, 2.05) is 31.2 Å². The lowest BCUT2D eigenvalue weighted by Crippen LogP contribution is -2.32. The quantitative estimate of drug-likeness (QED) is 0.560. The Morgan fingerprint density at radius 3 is 2.80 bits per heavy atom. The van der Waals surface area contributed by atoms with Gasteiger partial charge in [0.2, 0.25) is 0 Å². The maximum absolute atomic E-state index is 11.3. The third-order valence-electron chi connectivity index (χ3n) is 2.74. The number of thioether (sulfide) groups is 1. The van der Waals surface area contributed by atoms with E-state index in [1.54, 1.807) is 18.7 Å². The van der Waals surface area contributed by atoms with Crippen molar-refractivity contribution in [2.45, 2.75) is 26.3 Å². The summed E-state index contributed by atoms with van der Waals surface area (Å²) in [7, 11) is 0. The van der Waals surface area contributed by atoms with E-state index in [-0.39, 0.29) is 5.97 Å². The van der Waals surface area contributed by atoms with Crippen molar-refractivity contribution in [3.63, 3.8) is 0 Å². The average molecular weight is 297 g/mol. The van der Waals surface area contributed by atoms with Crippen molar-refractivity contribution in [2.75, 3.05) is 24.7 Å². The van der Waals surface area contributed by atoms with Gasteiger partial charge in [0.05, 0.1) is 13.2 Å². The molecule has 1 atom stereocenters. The Hall–Kier alpha value is -1.20. The molecule has 2 N–H and O–H groups in total. The Labute approximate surface area is 125 Å². The number of para-hydroxylation sites is 1. The molecule has 1 aromatic carbocycles. The molecule has 0 aromatic heterocycles. The summed E-state index contributed by atoms with van der Waals surface area (Å²) in [5.41, 5.74) is 6.85. The van der Waals surface area contributed by atoms with Crippen LogP contribution >= 0.6 is 11.8 Å². The molecule has 0 saturated heterocycles. The molecular formula is C15H23NO3S. The number of hydrogen-bond acceptors (Lipinski definition) is 5. The highest BCUT2D eigenvalue weighted by Crippen LogP contribution is 2.16. The lowest BCUT2D eigenvalue weighted by molar-refractivity contribution is -0.144. The second-order valence-electron chi connectivity index (χ2n) is 4.37. The summed E-state index contributed by atoms with van der Waals surface area (Å²) in [5.74, 6) is 2.32. The Kier molecular flexibility index (Phi) is 8.14. The summed E-state index contributed by atoms with van der Waals surface area (Å²) >= 11 is 1.73. The Balaban J connectivity index is 2.08. The molecular weight excluding hydrogens is 274 g/mol. The number of nitrogens with two attached hydrogens (primary N) is 1. The predicted octanol–water partition coefficient (Wildman–Crippen LogP) is 2.39. The Bertz CT molecular complexity index is 412. The van der Waals surface area contributed by atoms with Crippen LogP contribution in [-0.2, 0) is 9.53 Å². The standard InChI is InChI=1S/C15H23NO3S/c1-3-18-15(17)13(16)8-10-20-11-9-19-14-7-5-4-6-12(14)2/h4-7,13H,3,8-11,16H2,1-2H3. The zero-order valence-electron chi connectivity index (χ0n) is 12.1. The molecule has 112 valence electrons. The van der Waals surface area contributed by atoms with Gasteiger partial charge in [0, 0.05) is 5.75 Å². The van der Waals surface area contributed by atoms with Crippen LogP contribution in [0.5, 0.6) is 5.75 Å². The lowest BCUT2D eigenvalue weighted by atomic mass is 10.2. The van der Waals surface area contributed by atoms with Crippen molar-refractivity contribution in [1.82, 2.24) is 0 Å². The molecule has 0 radical (unpaired) electrons. The molecule has 20 heavy (non-hydrogen) atoms. The summed E-state index contributed by atoms with van der Waals surface area (Å²) < 4.78 is 10.5. The number of aryl methyl sites for hydroxylation is 1. The molecule has 0 heterocycles. The van der Waals surface area contributed by atoms with Gasteiger partial charge in [0.25, 0.3) is 0 Å². The van der Waals surface area contributed by atoms with Gasteiger partial charge in [-0.05, 0) is 37.7 Å². The summed E-state index contributed by atoms with van der Waals surface area (Å²) in [6.45, 7) is 4.84. The summed E-state index contributed by atoms with van der Waals surface area (Å²) in [6.07, 6.45) is 0.633. The summed E-state index contributed by atoms with van der Waals surface area (Å²) in [4.78, 5) is 11.3. The van der Waals surface area contributed by atoms with Crippen LogP contribution in [0.2, 0.25) is 0 Å². The second kappa shape index (κ2) is 9.66. The van der Waals surface area contributed by atoms with E-state index in [1.165, 1.54) is 0 Å². The first kappa shape index (κ1) is 16.9. The van der Waals surface area contributed by atoms with Gasteiger partial charge in [0.1, 0.15) is 11.8 Å². The number of benzene rings is 1. The third kappa shape index (κ3) is 6.30. The van der Waals surface area contributed by atoms with E-state index in [0.29, 0.717) is 19.6 Å². The van der Waals surface area contributed by atoms with Crippen LogP contribution in [0.4, 0.5) is 0 Å². The van der Waals surface area contributed by atoms with Crippen LogP contribution in [0.15, 0.2) is 24.3 Å². The molecule has 0 fully saturated rings. The molecule has 5 heteroatoms. The maximum atomic E-state index is 11.3. The van der Waals surface area contributed by atoms with Crippen LogP contribution in [0.3, 0.4) is 0 Å². The normalized spacial score (nSPS) is 11.9. The first-order valence-corrected chi connectivity index (χ1v) is 7.99. The largest absolute Gasteiger partial charge is 0.492 e. The van der Waals surface area contributed by atoms with Gasteiger partial charge in [-0.2, -0.15) is 11.8 Å². The van der Waals surface area contributed by atoms with Crippen LogP contribution in [0.25, 0.3) is 0 Å².